The fraction of sp³-hybridized carbons (Fsp3) is 0.319. The Labute approximate surface area is 446 Å². The summed E-state index contributed by atoms with van der Waals surface area (Å²) in [5.41, 5.74) is 0.733. The lowest BCUT2D eigenvalue weighted by atomic mass is 10.1. The van der Waals surface area contributed by atoms with Gasteiger partial charge in [0.2, 0.25) is 5.79 Å². The number of carbonyl (C=O) groups excluding carboxylic acids is 8. The highest BCUT2D eigenvalue weighted by molar-refractivity contribution is 6.71. The Morgan fingerprint density at radius 1 is 0.324 bits per heavy atom. The van der Waals surface area contributed by atoms with Gasteiger partial charge in [0.1, 0.15) is 62.6 Å². The largest absolute Gasteiger partial charge is 0.490 e. The van der Waals surface area contributed by atoms with E-state index in [9.17, 15) is 38.4 Å². The minimum atomic E-state index is -1.99. The van der Waals surface area contributed by atoms with Gasteiger partial charge in [-0.3, -0.25) is 38.4 Å². The van der Waals surface area contributed by atoms with Gasteiger partial charge in [-0.05, 0) is 191 Å². The monoisotopic (exact) mass is 1140 g/mol. The molecule has 0 atom stereocenters. The van der Waals surface area contributed by atoms with Crippen molar-refractivity contribution in [3.8, 4) is 23.0 Å². The van der Waals surface area contributed by atoms with Crippen LogP contribution >= 0.6 is 92.8 Å². The van der Waals surface area contributed by atoms with E-state index in [1.54, 1.807) is 27.7 Å². The molecule has 0 aliphatic heterocycles. The summed E-state index contributed by atoms with van der Waals surface area (Å²) in [7, 11) is 0. The molecule has 0 saturated heterocycles. The van der Waals surface area contributed by atoms with E-state index in [0.29, 0.717) is 22.3 Å². The molecular formula is C47H40Cl8O16. The lowest BCUT2D eigenvalue weighted by Crippen LogP contribution is -2.47. The molecule has 24 heteroatoms. The van der Waals surface area contributed by atoms with E-state index in [1.807, 2.05) is 0 Å². The number of rotatable bonds is 30. The Morgan fingerprint density at radius 3 is 0.690 bits per heavy atom. The van der Waals surface area contributed by atoms with Crippen LogP contribution in [0.25, 0.3) is 0 Å². The third-order valence-corrected chi connectivity index (χ3v) is 11.2. The summed E-state index contributed by atoms with van der Waals surface area (Å²) >= 11 is 46.6. The van der Waals surface area contributed by atoms with Crippen LogP contribution in [0, 0.1) is 27.7 Å². The van der Waals surface area contributed by atoms with Crippen LogP contribution in [0.1, 0.15) is 105 Å². The molecule has 0 unspecified atom stereocenters. The number of aryl methyl sites for hydroxylation is 4. The number of hydrogen-bond donors (Lipinski definition) is 0. The first-order valence-corrected chi connectivity index (χ1v) is 23.6. The molecule has 0 aliphatic rings. The molecule has 0 fully saturated rings. The van der Waals surface area contributed by atoms with Crippen molar-refractivity contribution in [3.63, 3.8) is 0 Å². The maximum absolute atomic E-state index is 12.4. The van der Waals surface area contributed by atoms with Gasteiger partial charge in [0, 0.05) is 0 Å². The van der Waals surface area contributed by atoms with E-state index >= 15 is 0 Å². The zero-order valence-corrected chi connectivity index (χ0v) is 43.8. The van der Waals surface area contributed by atoms with Crippen molar-refractivity contribution in [2.75, 3.05) is 66.1 Å². The molecule has 380 valence electrons. The second-order valence-electron chi connectivity index (χ2n) is 15.1. The summed E-state index contributed by atoms with van der Waals surface area (Å²) in [5, 5.41) is -7.53. The average Bonchev–Trinajstić information content (AvgIpc) is 3.29. The first-order chi connectivity index (χ1) is 33.5. The van der Waals surface area contributed by atoms with Crippen LogP contribution in [0.3, 0.4) is 0 Å². The Hall–Kier alpha value is -4.40. The summed E-state index contributed by atoms with van der Waals surface area (Å²) in [5.74, 6) is -2.88. The van der Waals surface area contributed by atoms with Gasteiger partial charge in [0.25, 0.3) is 41.9 Å². The second kappa shape index (κ2) is 27.6. The minimum Gasteiger partial charge on any atom is -0.490 e. The van der Waals surface area contributed by atoms with Crippen LogP contribution in [0.15, 0.2) is 48.5 Å². The van der Waals surface area contributed by atoms with Crippen LogP contribution in [0.5, 0.6) is 23.0 Å². The molecule has 71 heavy (non-hydrogen) atoms. The minimum absolute atomic E-state index is 0.138. The predicted octanol–water partition coefficient (Wildman–Crippen LogP) is 10.3. The fourth-order valence-electron chi connectivity index (χ4n) is 6.74. The van der Waals surface area contributed by atoms with Crippen LogP contribution in [0.2, 0.25) is 0 Å². The van der Waals surface area contributed by atoms with Crippen molar-refractivity contribution in [1.29, 1.82) is 0 Å². The highest BCUT2D eigenvalue weighted by atomic mass is 35.5. The molecule has 0 aliphatic carbocycles. The number of carbonyl (C=O) groups is 8. The van der Waals surface area contributed by atoms with E-state index in [1.165, 1.54) is 48.5 Å². The van der Waals surface area contributed by atoms with Gasteiger partial charge in [-0.15, -0.1) is 0 Å². The Bertz CT molecular complexity index is 2400. The maximum atomic E-state index is 12.4. The molecular weight excluding hydrogens is 1100 g/mol. The van der Waals surface area contributed by atoms with E-state index in [2.05, 4.69) is 0 Å². The highest BCUT2D eigenvalue weighted by Gasteiger charge is 2.35. The van der Waals surface area contributed by atoms with Crippen molar-refractivity contribution >= 4 is 135 Å². The normalized spacial score (nSPS) is 11.2. The molecule has 16 nitrogen and oxygen atoms in total. The zero-order chi connectivity index (χ0) is 52.7. The summed E-state index contributed by atoms with van der Waals surface area (Å²) in [6.07, 6.45) is 0. The molecule has 0 aromatic heterocycles. The average molecular weight is 1140 g/mol. The highest BCUT2D eigenvalue weighted by Crippen LogP contribution is 2.33. The number of ether oxygens (including phenoxy) is 8. The van der Waals surface area contributed by atoms with Gasteiger partial charge < -0.3 is 37.9 Å². The topological polar surface area (TPSA) is 210 Å². The van der Waals surface area contributed by atoms with Gasteiger partial charge in [0.05, 0.1) is 70.9 Å². The van der Waals surface area contributed by atoms with Gasteiger partial charge >= 0.3 is 0 Å². The molecule has 4 aromatic rings. The molecule has 0 bridgehead atoms. The van der Waals surface area contributed by atoms with Crippen molar-refractivity contribution in [3.05, 3.63) is 115 Å². The van der Waals surface area contributed by atoms with E-state index in [0.717, 1.165) is 0 Å². The van der Waals surface area contributed by atoms with E-state index < -0.39 is 87.4 Å². The van der Waals surface area contributed by atoms with Crippen LogP contribution in [-0.2, 0) is 18.9 Å². The third-order valence-electron chi connectivity index (χ3n) is 9.61. The smallest absolute Gasteiger partial charge is 0.256 e. The molecule has 0 spiro atoms. The Morgan fingerprint density at radius 2 is 0.507 bits per heavy atom. The van der Waals surface area contributed by atoms with Gasteiger partial charge in [-0.25, -0.2) is 0 Å². The molecule has 0 amide bonds. The standard InChI is InChI=1S/C47H40Cl8O16/c1-23-13-27(39(48)56)35(28(14-23)40(49)57)66-7-5-64-21-47(70-11-9-68-37-31(43(52)60)17-25(3)18-32(37)44(53)61,71-12-10-69-38-33(45(54)62)19-26(4)20-34(38)46(55)63)22-65-6-8-67-36-29(41(50)58)15-24(2)16-30(36)42(51)59/h13-20H,5-12,21-22H2,1-4H3. The summed E-state index contributed by atoms with van der Waals surface area (Å²) in [6.45, 7) is 2.56. The van der Waals surface area contributed by atoms with Crippen molar-refractivity contribution in [2.45, 2.75) is 33.5 Å². The summed E-state index contributed by atoms with van der Waals surface area (Å²) in [4.78, 5) is 98.8. The van der Waals surface area contributed by atoms with E-state index in [4.69, 9.17) is 131 Å². The van der Waals surface area contributed by atoms with Crippen molar-refractivity contribution in [1.82, 2.24) is 0 Å². The molecule has 4 rings (SSSR count). The molecule has 4 aromatic carbocycles. The molecule has 0 N–H and O–H groups in total. The van der Waals surface area contributed by atoms with Gasteiger partial charge in [-0.1, -0.05) is 0 Å². The first-order valence-electron chi connectivity index (χ1n) is 20.6. The third kappa shape index (κ3) is 16.8. The Balaban J connectivity index is 1.67. The number of hydrogen-bond acceptors (Lipinski definition) is 16. The van der Waals surface area contributed by atoms with Crippen LogP contribution in [-0.4, -0.2) is 114 Å². The number of benzene rings is 4. The molecule has 0 heterocycles. The lowest BCUT2D eigenvalue weighted by molar-refractivity contribution is -0.286. The summed E-state index contributed by atoms with van der Waals surface area (Å²) in [6, 6.07) is 11.1. The number of halogens is 8. The quantitative estimate of drug-likeness (QED) is 0.0270. The lowest BCUT2D eigenvalue weighted by Gasteiger charge is -2.33. The first kappa shape index (κ1) is 59.2. The SMILES string of the molecule is Cc1cc(C(=O)Cl)c(OCCOCC(COCCOc2c(C(=O)Cl)cc(C)cc2C(=O)Cl)(OCCOc2c(C(=O)Cl)cc(C)cc2C(=O)Cl)OCCOc2c(C(=O)Cl)cc(C)cc2C(=O)Cl)c(C(=O)Cl)c1. The predicted molar refractivity (Wildman–Crippen MR) is 264 cm³/mol. The van der Waals surface area contributed by atoms with Crippen LogP contribution in [0.4, 0.5) is 0 Å². The molecule has 0 radical (unpaired) electrons. The Kier molecular flexibility index (Phi) is 23.0. The van der Waals surface area contributed by atoms with Gasteiger partial charge in [-0.2, -0.15) is 0 Å². The fourth-order valence-corrected chi connectivity index (χ4v) is 7.86. The second-order valence-corrected chi connectivity index (χ2v) is 17.8. The van der Waals surface area contributed by atoms with Crippen LogP contribution < -0.4 is 18.9 Å². The van der Waals surface area contributed by atoms with Crippen molar-refractivity contribution < 1.29 is 76.3 Å². The maximum Gasteiger partial charge on any atom is 0.256 e. The summed E-state index contributed by atoms with van der Waals surface area (Å²) < 4.78 is 47.7. The zero-order valence-electron chi connectivity index (χ0n) is 37.7. The van der Waals surface area contributed by atoms with Gasteiger partial charge in [0.15, 0.2) is 0 Å². The molecule has 0 saturated carbocycles. The van der Waals surface area contributed by atoms with E-state index in [-0.39, 0.29) is 93.9 Å². The van der Waals surface area contributed by atoms with Crippen molar-refractivity contribution in [2.24, 2.45) is 0 Å².